The van der Waals surface area contributed by atoms with Crippen molar-refractivity contribution >= 4 is 18.3 Å². The normalized spacial score (nSPS) is 24.4. The lowest BCUT2D eigenvalue weighted by atomic mass is 9.84. The maximum atomic E-state index is 12.3. The predicted octanol–water partition coefficient (Wildman–Crippen LogP) is 2.99. The van der Waals surface area contributed by atoms with E-state index < -0.39 is 0 Å². The summed E-state index contributed by atoms with van der Waals surface area (Å²) in [6.45, 7) is 12.0. The Morgan fingerprint density at radius 1 is 1.35 bits per heavy atom. The van der Waals surface area contributed by atoms with E-state index in [0.717, 1.165) is 32.5 Å². The fraction of sp³-hybridized carbons (Fsp3) is 0.938. The molecule has 1 saturated carbocycles. The number of hydrogen-bond acceptors (Lipinski definition) is 2. The number of piperidine rings is 1. The minimum absolute atomic E-state index is 0. The molecule has 3 nitrogen and oxygen atoms in total. The summed E-state index contributed by atoms with van der Waals surface area (Å²) in [4.78, 5) is 12.3. The zero-order valence-electron chi connectivity index (χ0n) is 13.4. The monoisotopic (exact) mass is 302 g/mol. The van der Waals surface area contributed by atoms with E-state index in [1.54, 1.807) is 0 Å². The summed E-state index contributed by atoms with van der Waals surface area (Å²) in [5, 5.41) is 6.59. The van der Waals surface area contributed by atoms with E-state index in [1.807, 2.05) is 0 Å². The van der Waals surface area contributed by atoms with Gasteiger partial charge in [0.05, 0.1) is 0 Å². The van der Waals surface area contributed by atoms with Crippen molar-refractivity contribution in [3.05, 3.63) is 0 Å². The van der Waals surface area contributed by atoms with E-state index in [4.69, 9.17) is 0 Å². The van der Waals surface area contributed by atoms with E-state index >= 15 is 0 Å². The van der Waals surface area contributed by atoms with Crippen molar-refractivity contribution in [3.63, 3.8) is 0 Å². The Balaban J connectivity index is 0.00000200. The van der Waals surface area contributed by atoms with Crippen LogP contribution in [0.3, 0.4) is 0 Å². The van der Waals surface area contributed by atoms with Crippen molar-refractivity contribution < 1.29 is 4.79 Å². The summed E-state index contributed by atoms with van der Waals surface area (Å²) in [6.07, 6.45) is 4.64. The number of carbonyl (C=O) groups is 1. The number of halogens is 1. The van der Waals surface area contributed by atoms with E-state index in [9.17, 15) is 4.79 Å². The Morgan fingerprint density at radius 3 is 2.50 bits per heavy atom. The molecule has 1 aliphatic carbocycles. The molecular weight excluding hydrogens is 272 g/mol. The summed E-state index contributed by atoms with van der Waals surface area (Å²) in [5.74, 6) is 1.28. The lowest BCUT2D eigenvalue weighted by Gasteiger charge is -2.28. The topological polar surface area (TPSA) is 41.1 Å². The fourth-order valence-corrected chi connectivity index (χ4v) is 3.82. The molecule has 1 amide bonds. The van der Waals surface area contributed by atoms with Crippen LogP contribution in [0.25, 0.3) is 0 Å². The average molecular weight is 303 g/mol. The van der Waals surface area contributed by atoms with Crippen molar-refractivity contribution in [2.45, 2.75) is 53.4 Å². The molecule has 1 unspecified atom stereocenters. The molecule has 2 aliphatic rings. The molecule has 1 aliphatic heterocycles. The van der Waals surface area contributed by atoms with Crippen LogP contribution in [0, 0.1) is 22.7 Å². The molecule has 2 fully saturated rings. The second-order valence-corrected chi connectivity index (χ2v) is 7.85. The number of amides is 1. The van der Waals surface area contributed by atoms with Gasteiger partial charge < -0.3 is 10.6 Å². The van der Waals surface area contributed by atoms with Crippen LogP contribution in [-0.4, -0.2) is 25.5 Å². The van der Waals surface area contributed by atoms with Gasteiger partial charge in [0.1, 0.15) is 0 Å². The minimum atomic E-state index is 0. The van der Waals surface area contributed by atoms with Gasteiger partial charge in [-0.05, 0) is 55.5 Å². The molecule has 2 N–H and O–H groups in total. The first kappa shape index (κ1) is 17.8. The zero-order valence-corrected chi connectivity index (χ0v) is 14.2. The quantitative estimate of drug-likeness (QED) is 0.820. The van der Waals surface area contributed by atoms with Crippen LogP contribution in [0.2, 0.25) is 0 Å². The maximum Gasteiger partial charge on any atom is 0.223 e. The Kier molecular flexibility index (Phi) is 5.91. The van der Waals surface area contributed by atoms with Crippen molar-refractivity contribution in [2.75, 3.05) is 19.6 Å². The van der Waals surface area contributed by atoms with E-state index in [2.05, 4.69) is 38.3 Å². The average Bonchev–Trinajstić information content (AvgIpc) is 2.99. The van der Waals surface area contributed by atoms with Gasteiger partial charge in [-0.1, -0.05) is 27.7 Å². The third-order valence-corrected chi connectivity index (χ3v) is 4.81. The molecule has 1 spiro atoms. The first-order chi connectivity index (χ1) is 8.85. The summed E-state index contributed by atoms with van der Waals surface area (Å²) in [7, 11) is 0. The van der Waals surface area contributed by atoms with Crippen LogP contribution < -0.4 is 10.6 Å². The summed E-state index contributed by atoms with van der Waals surface area (Å²) in [5.41, 5.74) is 0.567. The second kappa shape index (κ2) is 6.65. The number of carbonyl (C=O) groups excluding carboxylic acids is 1. The van der Waals surface area contributed by atoms with Crippen molar-refractivity contribution in [1.82, 2.24) is 10.6 Å². The molecule has 0 radical (unpaired) electrons. The van der Waals surface area contributed by atoms with Gasteiger partial charge in [-0.15, -0.1) is 12.4 Å². The molecule has 1 heterocycles. The predicted molar refractivity (Wildman–Crippen MR) is 86.1 cm³/mol. The first-order valence-electron chi connectivity index (χ1n) is 7.83. The van der Waals surface area contributed by atoms with Crippen molar-refractivity contribution in [3.8, 4) is 0 Å². The smallest absolute Gasteiger partial charge is 0.223 e. The molecule has 118 valence electrons. The Hall–Kier alpha value is -0.280. The zero-order chi connectivity index (χ0) is 14.1. The van der Waals surface area contributed by atoms with Gasteiger partial charge >= 0.3 is 0 Å². The number of rotatable bonds is 5. The van der Waals surface area contributed by atoms with Gasteiger partial charge in [-0.2, -0.15) is 0 Å². The van der Waals surface area contributed by atoms with Gasteiger partial charge in [0.15, 0.2) is 0 Å². The largest absolute Gasteiger partial charge is 0.355 e. The molecule has 2 rings (SSSR count). The highest BCUT2D eigenvalue weighted by atomic mass is 35.5. The van der Waals surface area contributed by atoms with Crippen LogP contribution >= 0.6 is 12.4 Å². The Morgan fingerprint density at radius 2 is 1.95 bits per heavy atom. The van der Waals surface area contributed by atoms with E-state index in [0.29, 0.717) is 23.2 Å². The molecule has 0 aromatic heterocycles. The molecule has 0 bridgehead atoms. The highest BCUT2D eigenvalue weighted by molar-refractivity contribution is 5.85. The maximum absolute atomic E-state index is 12.3. The molecule has 0 aromatic rings. The molecular formula is C16H31ClN2O. The van der Waals surface area contributed by atoms with Gasteiger partial charge in [0.25, 0.3) is 0 Å². The van der Waals surface area contributed by atoms with Crippen LogP contribution in [0.15, 0.2) is 0 Å². The molecule has 1 atom stereocenters. The van der Waals surface area contributed by atoms with Crippen LogP contribution in [-0.2, 0) is 4.79 Å². The first-order valence-corrected chi connectivity index (χ1v) is 7.83. The minimum Gasteiger partial charge on any atom is -0.355 e. The van der Waals surface area contributed by atoms with E-state index in [-0.39, 0.29) is 17.8 Å². The van der Waals surface area contributed by atoms with Crippen molar-refractivity contribution in [2.24, 2.45) is 22.7 Å². The lowest BCUT2D eigenvalue weighted by Crippen LogP contribution is -2.38. The third-order valence-electron chi connectivity index (χ3n) is 4.81. The third kappa shape index (κ3) is 4.36. The van der Waals surface area contributed by atoms with Gasteiger partial charge in [0.2, 0.25) is 5.91 Å². The van der Waals surface area contributed by atoms with Crippen molar-refractivity contribution in [1.29, 1.82) is 0 Å². The van der Waals surface area contributed by atoms with Crippen LogP contribution in [0.1, 0.15) is 53.4 Å². The standard InChI is InChI=1S/C16H30N2O.ClH/c1-12(2)9-15(3,4)11-18-14(19)13-10-16(13)5-7-17-8-6-16;/h12-13,17H,5-11H2,1-4H3,(H,18,19);1H. The molecule has 1 saturated heterocycles. The Bertz CT molecular complexity index is 335. The van der Waals surface area contributed by atoms with Gasteiger partial charge in [-0.3, -0.25) is 4.79 Å². The second-order valence-electron chi connectivity index (χ2n) is 7.85. The SMILES string of the molecule is CC(C)CC(C)(C)CNC(=O)C1CC12CCNCC2.Cl. The molecule has 20 heavy (non-hydrogen) atoms. The summed E-state index contributed by atoms with van der Waals surface area (Å²) in [6, 6.07) is 0. The highest BCUT2D eigenvalue weighted by Gasteiger charge is 2.57. The van der Waals surface area contributed by atoms with Gasteiger partial charge in [0, 0.05) is 12.5 Å². The fourth-order valence-electron chi connectivity index (χ4n) is 3.82. The van der Waals surface area contributed by atoms with Gasteiger partial charge in [-0.25, -0.2) is 0 Å². The van der Waals surface area contributed by atoms with E-state index in [1.165, 1.54) is 12.8 Å². The number of nitrogens with one attached hydrogen (secondary N) is 2. The lowest BCUT2D eigenvalue weighted by molar-refractivity contribution is -0.123. The highest BCUT2D eigenvalue weighted by Crippen LogP contribution is 2.58. The molecule has 4 heteroatoms. The van der Waals surface area contributed by atoms with Crippen LogP contribution in [0.4, 0.5) is 0 Å². The van der Waals surface area contributed by atoms with Crippen LogP contribution in [0.5, 0.6) is 0 Å². The Labute approximate surface area is 130 Å². The number of hydrogen-bond donors (Lipinski definition) is 2. The summed E-state index contributed by atoms with van der Waals surface area (Å²) >= 11 is 0. The summed E-state index contributed by atoms with van der Waals surface area (Å²) < 4.78 is 0. The molecule has 0 aromatic carbocycles.